The van der Waals surface area contributed by atoms with Crippen LogP contribution in [0.5, 0.6) is 5.75 Å². The van der Waals surface area contributed by atoms with E-state index in [0.717, 1.165) is 0 Å². The molecule has 25 heavy (non-hydrogen) atoms. The van der Waals surface area contributed by atoms with Crippen molar-refractivity contribution < 1.29 is 14.3 Å². The van der Waals surface area contributed by atoms with Gasteiger partial charge in [0.2, 0.25) is 5.91 Å². The zero-order valence-electron chi connectivity index (χ0n) is 14.5. The lowest BCUT2D eigenvalue weighted by molar-refractivity contribution is -0.120. The Morgan fingerprint density at radius 1 is 1.32 bits per heavy atom. The van der Waals surface area contributed by atoms with E-state index in [0.29, 0.717) is 23.7 Å². The van der Waals surface area contributed by atoms with Gasteiger partial charge >= 0.3 is 0 Å². The summed E-state index contributed by atoms with van der Waals surface area (Å²) in [6.45, 7) is 6.41. The van der Waals surface area contributed by atoms with Gasteiger partial charge in [-0.2, -0.15) is 0 Å². The maximum absolute atomic E-state index is 12.1. The molecule has 0 aliphatic heterocycles. The van der Waals surface area contributed by atoms with Crippen LogP contribution >= 0.6 is 0 Å². The molecule has 0 fully saturated rings. The van der Waals surface area contributed by atoms with Crippen molar-refractivity contribution in [3.63, 3.8) is 0 Å². The van der Waals surface area contributed by atoms with E-state index in [9.17, 15) is 9.59 Å². The first kappa shape index (κ1) is 18.4. The largest absolute Gasteiger partial charge is 0.486 e. The van der Waals surface area contributed by atoms with Crippen molar-refractivity contribution in [1.29, 1.82) is 0 Å². The summed E-state index contributed by atoms with van der Waals surface area (Å²) in [6.07, 6.45) is 0. The molecule has 1 aromatic carbocycles. The Kier molecular flexibility index (Phi) is 6.44. The number of tetrazole rings is 1. The summed E-state index contributed by atoms with van der Waals surface area (Å²) < 4.78 is 7.27. The lowest BCUT2D eigenvalue weighted by atomic mass is 10.2. The molecule has 0 aliphatic carbocycles. The molecule has 2 aromatic rings. The lowest BCUT2D eigenvalue weighted by Crippen LogP contribution is -2.39. The van der Waals surface area contributed by atoms with E-state index >= 15 is 0 Å². The Hall–Kier alpha value is -2.97. The highest BCUT2D eigenvalue weighted by molar-refractivity contribution is 5.96. The lowest BCUT2D eigenvalue weighted by Gasteiger charge is -2.10. The smallest absolute Gasteiger partial charge is 0.251 e. The molecule has 0 spiro atoms. The zero-order chi connectivity index (χ0) is 18.2. The molecule has 0 saturated heterocycles. The van der Waals surface area contributed by atoms with Crippen molar-refractivity contribution in [2.24, 2.45) is 0 Å². The average Bonchev–Trinajstić information content (AvgIpc) is 3.05. The summed E-state index contributed by atoms with van der Waals surface area (Å²) in [6, 6.07) is 6.73. The van der Waals surface area contributed by atoms with Crippen molar-refractivity contribution in [2.75, 3.05) is 6.54 Å². The molecule has 0 unspecified atom stereocenters. The van der Waals surface area contributed by atoms with Crippen LogP contribution in [0.2, 0.25) is 0 Å². The number of carbonyl (C=O) groups excluding carboxylic acids is 2. The molecule has 9 nitrogen and oxygen atoms in total. The van der Waals surface area contributed by atoms with Gasteiger partial charge in [0.15, 0.2) is 5.82 Å². The topological polar surface area (TPSA) is 111 Å². The summed E-state index contributed by atoms with van der Waals surface area (Å²) >= 11 is 0. The molecule has 0 atom stereocenters. The number of aromatic nitrogens is 4. The van der Waals surface area contributed by atoms with E-state index < -0.39 is 0 Å². The molecule has 0 radical (unpaired) electrons. The number of carbonyl (C=O) groups is 2. The van der Waals surface area contributed by atoms with Gasteiger partial charge in [0.25, 0.3) is 5.91 Å². The van der Waals surface area contributed by atoms with Crippen LogP contribution in [0.4, 0.5) is 0 Å². The van der Waals surface area contributed by atoms with E-state index in [4.69, 9.17) is 4.74 Å². The monoisotopic (exact) mass is 346 g/mol. The third kappa shape index (κ3) is 5.55. The van der Waals surface area contributed by atoms with E-state index in [-0.39, 0.29) is 31.0 Å². The van der Waals surface area contributed by atoms with Crippen LogP contribution in [-0.4, -0.2) is 44.6 Å². The molecule has 2 rings (SSSR count). The molecule has 0 saturated carbocycles. The third-order valence-corrected chi connectivity index (χ3v) is 3.23. The van der Waals surface area contributed by atoms with Crippen LogP contribution in [-0.2, 0) is 17.9 Å². The predicted molar refractivity (Wildman–Crippen MR) is 89.9 cm³/mol. The highest BCUT2D eigenvalue weighted by atomic mass is 16.5. The van der Waals surface area contributed by atoms with E-state index in [1.807, 2.05) is 20.8 Å². The predicted octanol–water partition coefficient (Wildman–Crippen LogP) is 0.526. The van der Waals surface area contributed by atoms with Gasteiger partial charge in [-0.1, -0.05) is 6.07 Å². The fraction of sp³-hybridized carbons (Fsp3) is 0.438. The number of rotatable bonds is 8. The highest BCUT2D eigenvalue weighted by Gasteiger charge is 2.10. The Bertz CT molecular complexity index is 728. The van der Waals surface area contributed by atoms with E-state index in [1.165, 1.54) is 0 Å². The molecule has 2 N–H and O–H groups in total. The van der Waals surface area contributed by atoms with Gasteiger partial charge in [-0.15, -0.1) is 5.10 Å². The van der Waals surface area contributed by atoms with Gasteiger partial charge in [-0.25, -0.2) is 4.68 Å². The minimum absolute atomic E-state index is 0.0285. The maximum Gasteiger partial charge on any atom is 0.251 e. The van der Waals surface area contributed by atoms with Gasteiger partial charge in [0, 0.05) is 18.2 Å². The van der Waals surface area contributed by atoms with Crippen molar-refractivity contribution in [3.8, 4) is 5.75 Å². The first-order valence-electron chi connectivity index (χ1n) is 8.05. The number of nitrogens with one attached hydrogen (secondary N) is 2. The standard InChI is InChI=1S/C16H22N6O3/c1-4-22-14(19-20-21-22)10-25-13-7-5-6-12(8-13)16(24)17-9-15(23)18-11(2)3/h5-8,11H,4,9-10H2,1-3H3,(H,17,24)(H,18,23). The van der Waals surface area contributed by atoms with Crippen LogP contribution < -0.4 is 15.4 Å². The summed E-state index contributed by atoms with van der Waals surface area (Å²) in [5, 5.41) is 16.6. The van der Waals surface area contributed by atoms with Crippen LogP contribution in [0.3, 0.4) is 0 Å². The fourth-order valence-electron chi connectivity index (χ4n) is 2.08. The summed E-state index contributed by atoms with van der Waals surface area (Å²) in [4.78, 5) is 23.7. The summed E-state index contributed by atoms with van der Waals surface area (Å²) in [5.41, 5.74) is 0.407. The van der Waals surface area contributed by atoms with Gasteiger partial charge in [0.05, 0.1) is 6.54 Å². The molecule has 1 heterocycles. The normalized spacial score (nSPS) is 10.6. The molecule has 0 aliphatic rings. The molecular weight excluding hydrogens is 324 g/mol. The second-order valence-electron chi connectivity index (χ2n) is 5.63. The molecular formula is C16H22N6O3. The Morgan fingerprint density at radius 2 is 2.12 bits per heavy atom. The molecule has 1 aromatic heterocycles. The summed E-state index contributed by atoms with van der Waals surface area (Å²) in [5.74, 6) is 0.539. The number of ether oxygens (including phenoxy) is 1. The number of amides is 2. The zero-order valence-corrected chi connectivity index (χ0v) is 14.5. The second-order valence-corrected chi connectivity index (χ2v) is 5.63. The van der Waals surface area contributed by atoms with Gasteiger partial charge in [-0.3, -0.25) is 9.59 Å². The number of nitrogens with zero attached hydrogens (tertiary/aromatic N) is 4. The van der Waals surface area contributed by atoms with Crippen molar-refractivity contribution in [1.82, 2.24) is 30.8 Å². The molecule has 9 heteroatoms. The van der Waals surface area contributed by atoms with Gasteiger partial charge < -0.3 is 15.4 Å². The third-order valence-electron chi connectivity index (χ3n) is 3.23. The minimum Gasteiger partial charge on any atom is -0.486 e. The van der Waals surface area contributed by atoms with Crippen molar-refractivity contribution in [3.05, 3.63) is 35.7 Å². The quantitative estimate of drug-likeness (QED) is 0.721. The highest BCUT2D eigenvalue weighted by Crippen LogP contribution is 2.14. The van der Waals surface area contributed by atoms with Gasteiger partial charge in [-0.05, 0) is 49.4 Å². The number of aryl methyl sites for hydroxylation is 1. The second kappa shape index (κ2) is 8.76. The maximum atomic E-state index is 12.1. The van der Waals surface area contributed by atoms with Crippen LogP contribution in [0.1, 0.15) is 37.0 Å². The van der Waals surface area contributed by atoms with E-state index in [2.05, 4.69) is 26.2 Å². The Labute approximate surface area is 145 Å². The first-order chi connectivity index (χ1) is 12.0. The average molecular weight is 346 g/mol. The van der Waals surface area contributed by atoms with Crippen molar-refractivity contribution in [2.45, 2.75) is 40.0 Å². The van der Waals surface area contributed by atoms with Gasteiger partial charge in [0.1, 0.15) is 12.4 Å². The fourth-order valence-corrected chi connectivity index (χ4v) is 2.08. The number of hydrogen-bond acceptors (Lipinski definition) is 6. The molecule has 0 bridgehead atoms. The molecule has 134 valence electrons. The van der Waals surface area contributed by atoms with Crippen LogP contribution in [0.15, 0.2) is 24.3 Å². The molecule has 2 amide bonds. The Morgan fingerprint density at radius 3 is 2.84 bits per heavy atom. The first-order valence-corrected chi connectivity index (χ1v) is 8.05. The Balaban J connectivity index is 1.91. The van der Waals surface area contributed by atoms with E-state index in [1.54, 1.807) is 28.9 Å². The van der Waals surface area contributed by atoms with Crippen molar-refractivity contribution >= 4 is 11.8 Å². The SMILES string of the molecule is CCn1nnnc1COc1cccc(C(=O)NCC(=O)NC(C)C)c1. The number of hydrogen-bond donors (Lipinski definition) is 2. The summed E-state index contributed by atoms with van der Waals surface area (Å²) in [7, 11) is 0. The number of benzene rings is 1. The van der Waals surface area contributed by atoms with Crippen LogP contribution in [0.25, 0.3) is 0 Å². The minimum atomic E-state index is -0.345. The van der Waals surface area contributed by atoms with Crippen LogP contribution in [0, 0.1) is 0 Å².